The Bertz CT molecular complexity index is 636. The van der Waals surface area contributed by atoms with Crippen LogP contribution in [0.1, 0.15) is 30.0 Å². The highest BCUT2D eigenvalue weighted by molar-refractivity contribution is 5.47. The zero-order chi connectivity index (χ0) is 14.7. The number of nitriles is 1. The van der Waals surface area contributed by atoms with Crippen molar-refractivity contribution in [1.82, 2.24) is 0 Å². The van der Waals surface area contributed by atoms with E-state index in [-0.39, 0.29) is 11.9 Å². The van der Waals surface area contributed by atoms with E-state index in [2.05, 4.69) is 11.4 Å². The van der Waals surface area contributed by atoms with E-state index >= 15 is 0 Å². The summed E-state index contributed by atoms with van der Waals surface area (Å²) in [7, 11) is 0. The molecule has 1 fully saturated rings. The molecule has 0 radical (unpaired) electrons. The predicted octanol–water partition coefficient (Wildman–Crippen LogP) is 4.45. The lowest BCUT2D eigenvalue weighted by molar-refractivity contribution is 0.622. The van der Waals surface area contributed by atoms with Crippen molar-refractivity contribution in [2.75, 3.05) is 5.32 Å². The van der Waals surface area contributed by atoms with Crippen LogP contribution in [0, 0.1) is 23.1 Å². The van der Waals surface area contributed by atoms with E-state index in [0.717, 1.165) is 16.8 Å². The van der Waals surface area contributed by atoms with Crippen LogP contribution in [0.2, 0.25) is 0 Å². The molecule has 3 rings (SSSR count). The van der Waals surface area contributed by atoms with Gasteiger partial charge in [-0.1, -0.05) is 24.3 Å². The third kappa shape index (κ3) is 3.41. The maximum atomic E-state index is 13.1. The van der Waals surface area contributed by atoms with Crippen molar-refractivity contribution < 1.29 is 4.39 Å². The van der Waals surface area contributed by atoms with Gasteiger partial charge in [0.25, 0.3) is 0 Å². The summed E-state index contributed by atoms with van der Waals surface area (Å²) in [5.41, 5.74) is 3.19. The van der Waals surface area contributed by atoms with Crippen molar-refractivity contribution >= 4 is 5.69 Å². The molecule has 1 saturated carbocycles. The first-order valence-electron chi connectivity index (χ1n) is 7.24. The van der Waals surface area contributed by atoms with E-state index < -0.39 is 0 Å². The first-order valence-corrected chi connectivity index (χ1v) is 7.24. The molecule has 0 saturated heterocycles. The minimum Gasteiger partial charge on any atom is -0.378 e. The van der Waals surface area contributed by atoms with Gasteiger partial charge < -0.3 is 5.32 Å². The van der Waals surface area contributed by atoms with Gasteiger partial charge in [0.2, 0.25) is 0 Å². The Morgan fingerprint density at radius 3 is 2.33 bits per heavy atom. The van der Waals surface area contributed by atoms with E-state index in [4.69, 9.17) is 5.26 Å². The van der Waals surface area contributed by atoms with Crippen LogP contribution in [-0.4, -0.2) is 0 Å². The number of hydrogen-bond acceptors (Lipinski definition) is 2. The van der Waals surface area contributed by atoms with Gasteiger partial charge in [-0.25, -0.2) is 4.39 Å². The number of nitrogens with zero attached hydrogens (tertiary/aromatic N) is 1. The minimum absolute atomic E-state index is 0.200. The number of hydrogen-bond donors (Lipinski definition) is 1. The van der Waals surface area contributed by atoms with Gasteiger partial charge in [-0.15, -0.1) is 0 Å². The summed E-state index contributed by atoms with van der Waals surface area (Å²) in [5.74, 6) is 0.420. The second-order valence-corrected chi connectivity index (χ2v) is 5.54. The quantitative estimate of drug-likeness (QED) is 0.878. The third-order valence-electron chi connectivity index (χ3n) is 3.88. The van der Waals surface area contributed by atoms with Crippen LogP contribution >= 0.6 is 0 Å². The SMILES string of the molecule is N#CCc1ccc(NC(c2ccc(F)cc2)C2CC2)cc1. The zero-order valence-corrected chi connectivity index (χ0v) is 11.7. The second-order valence-electron chi connectivity index (χ2n) is 5.54. The van der Waals surface area contributed by atoms with Crippen LogP contribution in [0.4, 0.5) is 10.1 Å². The molecule has 1 aliphatic carbocycles. The lowest BCUT2D eigenvalue weighted by atomic mass is 10.0. The standard InChI is InChI=1S/C18H17FN2/c19-16-7-5-15(6-8-16)18(14-3-4-14)21-17-9-1-13(2-10-17)11-12-20/h1-2,5-10,14,18,21H,3-4,11H2. The predicted molar refractivity (Wildman–Crippen MR) is 81.2 cm³/mol. The van der Waals surface area contributed by atoms with Crippen molar-refractivity contribution in [3.05, 3.63) is 65.5 Å². The summed E-state index contributed by atoms with van der Waals surface area (Å²) in [6.07, 6.45) is 2.85. The van der Waals surface area contributed by atoms with Crippen molar-refractivity contribution in [1.29, 1.82) is 5.26 Å². The number of nitrogens with one attached hydrogen (secondary N) is 1. The fourth-order valence-electron chi connectivity index (χ4n) is 2.56. The molecule has 106 valence electrons. The molecule has 2 aromatic carbocycles. The van der Waals surface area contributed by atoms with Gasteiger partial charge >= 0.3 is 0 Å². The molecular formula is C18H17FN2. The molecule has 1 N–H and O–H groups in total. The number of benzene rings is 2. The van der Waals surface area contributed by atoms with E-state index in [1.54, 1.807) is 0 Å². The third-order valence-corrected chi connectivity index (χ3v) is 3.88. The summed E-state index contributed by atoms with van der Waals surface area (Å²) >= 11 is 0. The summed E-state index contributed by atoms with van der Waals surface area (Å²) < 4.78 is 13.1. The molecule has 0 heterocycles. The topological polar surface area (TPSA) is 35.8 Å². The fraction of sp³-hybridized carbons (Fsp3) is 0.278. The Hall–Kier alpha value is -2.34. The van der Waals surface area contributed by atoms with Crippen LogP contribution in [0.15, 0.2) is 48.5 Å². The molecule has 2 nitrogen and oxygen atoms in total. The van der Waals surface area contributed by atoms with E-state index in [1.807, 2.05) is 36.4 Å². The first-order chi connectivity index (χ1) is 10.3. The minimum atomic E-state index is -0.200. The van der Waals surface area contributed by atoms with Crippen LogP contribution in [0.3, 0.4) is 0 Å². The molecule has 0 aliphatic heterocycles. The van der Waals surface area contributed by atoms with Gasteiger partial charge in [-0.3, -0.25) is 0 Å². The average molecular weight is 280 g/mol. The number of anilines is 1. The Kier molecular flexibility index (Phi) is 3.87. The Balaban J connectivity index is 1.76. The maximum absolute atomic E-state index is 13.1. The van der Waals surface area contributed by atoms with E-state index in [1.165, 1.54) is 25.0 Å². The Morgan fingerprint density at radius 1 is 1.10 bits per heavy atom. The zero-order valence-electron chi connectivity index (χ0n) is 11.7. The molecular weight excluding hydrogens is 263 g/mol. The molecule has 0 aromatic heterocycles. The normalized spacial score (nSPS) is 15.2. The van der Waals surface area contributed by atoms with Crippen molar-refractivity contribution in [2.45, 2.75) is 25.3 Å². The van der Waals surface area contributed by atoms with Crippen LogP contribution < -0.4 is 5.32 Å². The van der Waals surface area contributed by atoms with Gasteiger partial charge in [0, 0.05) is 5.69 Å². The molecule has 1 atom stereocenters. The lowest BCUT2D eigenvalue weighted by Gasteiger charge is -2.20. The highest BCUT2D eigenvalue weighted by Crippen LogP contribution is 2.42. The molecule has 1 unspecified atom stereocenters. The van der Waals surface area contributed by atoms with Gasteiger partial charge in [0.15, 0.2) is 0 Å². The van der Waals surface area contributed by atoms with Crippen molar-refractivity contribution in [3.63, 3.8) is 0 Å². The largest absolute Gasteiger partial charge is 0.378 e. The monoisotopic (exact) mass is 280 g/mol. The highest BCUT2D eigenvalue weighted by Gasteiger charge is 2.32. The number of rotatable bonds is 5. The van der Waals surface area contributed by atoms with Crippen molar-refractivity contribution in [2.24, 2.45) is 5.92 Å². The Labute approximate surface area is 124 Å². The van der Waals surface area contributed by atoms with Gasteiger partial charge in [-0.05, 0) is 54.2 Å². The van der Waals surface area contributed by atoms with Gasteiger partial charge in [-0.2, -0.15) is 5.26 Å². The summed E-state index contributed by atoms with van der Waals surface area (Å²) in [6.45, 7) is 0. The number of halogens is 1. The molecule has 0 bridgehead atoms. The summed E-state index contributed by atoms with van der Waals surface area (Å²) in [6, 6.07) is 17.1. The van der Waals surface area contributed by atoms with Gasteiger partial charge in [0.1, 0.15) is 5.82 Å². The molecule has 21 heavy (non-hydrogen) atoms. The van der Waals surface area contributed by atoms with Crippen LogP contribution in [0.5, 0.6) is 0 Å². The molecule has 3 heteroatoms. The van der Waals surface area contributed by atoms with Crippen molar-refractivity contribution in [3.8, 4) is 6.07 Å². The lowest BCUT2D eigenvalue weighted by Crippen LogP contribution is -2.12. The smallest absolute Gasteiger partial charge is 0.123 e. The average Bonchev–Trinajstić information content (AvgIpc) is 3.33. The molecule has 0 amide bonds. The first kappa shape index (κ1) is 13.6. The fourth-order valence-corrected chi connectivity index (χ4v) is 2.56. The van der Waals surface area contributed by atoms with E-state index in [9.17, 15) is 4.39 Å². The van der Waals surface area contributed by atoms with E-state index in [0.29, 0.717) is 12.3 Å². The summed E-state index contributed by atoms with van der Waals surface area (Å²) in [5, 5.41) is 12.2. The van der Waals surface area contributed by atoms with Gasteiger partial charge in [0.05, 0.1) is 18.5 Å². The second kappa shape index (κ2) is 5.97. The van der Waals surface area contributed by atoms with Crippen LogP contribution in [0.25, 0.3) is 0 Å². The van der Waals surface area contributed by atoms with Crippen LogP contribution in [-0.2, 0) is 6.42 Å². The molecule has 0 spiro atoms. The highest BCUT2D eigenvalue weighted by atomic mass is 19.1. The molecule has 2 aromatic rings. The summed E-state index contributed by atoms with van der Waals surface area (Å²) in [4.78, 5) is 0. The Morgan fingerprint density at radius 2 is 1.76 bits per heavy atom. The maximum Gasteiger partial charge on any atom is 0.123 e. The molecule has 1 aliphatic rings.